The molecule has 0 aromatic heterocycles. The van der Waals surface area contributed by atoms with Gasteiger partial charge in [0.15, 0.2) is 0 Å². The molecule has 5 nitrogen and oxygen atoms in total. The van der Waals surface area contributed by atoms with Gasteiger partial charge in [0.2, 0.25) is 5.96 Å². The maximum Gasteiger partial charge on any atom is 0.208 e. The number of nitrogens with one attached hydrogen (secondary N) is 1. The van der Waals surface area contributed by atoms with Crippen molar-refractivity contribution in [1.82, 2.24) is 15.2 Å². The first-order valence-corrected chi connectivity index (χ1v) is 6.35. The maximum atomic E-state index is 5.54. The lowest BCUT2D eigenvalue weighted by atomic mass is 10.2. The summed E-state index contributed by atoms with van der Waals surface area (Å²) < 4.78 is 0. The van der Waals surface area contributed by atoms with Crippen molar-refractivity contribution in [3.8, 4) is 0 Å². The van der Waals surface area contributed by atoms with E-state index in [4.69, 9.17) is 5.84 Å². The summed E-state index contributed by atoms with van der Waals surface area (Å²) in [6.45, 7) is 7.46. The summed E-state index contributed by atoms with van der Waals surface area (Å²) in [5, 5.41) is 0. The standard InChI is InChI=1S/C11H23N5/c1-2-13-11(14-12)16-8-4-7-15-6-3-5-10(15)9-16/h10H,2-9,12H2,1H3,(H,13,14). The lowest BCUT2D eigenvalue weighted by molar-refractivity contribution is 0.254. The van der Waals surface area contributed by atoms with Gasteiger partial charge in [0.05, 0.1) is 0 Å². The SMILES string of the molecule is CCN=C(NN)N1CCCN2CCCC2C1. The molecule has 2 heterocycles. The predicted octanol–water partition coefficient (Wildman–Crippen LogP) is -0.00430. The van der Waals surface area contributed by atoms with Crippen molar-refractivity contribution < 1.29 is 0 Å². The van der Waals surface area contributed by atoms with Crippen LogP contribution >= 0.6 is 0 Å². The van der Waals surface area contributed by atoms with Gasteiger partial charge in [-0.3, -0.25) is 15.3 Å². The molecule has 0 aromatic rings. The molecule has 0 radical (unpaired) electrons. The topological polar surface area (TPSA) is 56.9 Å². The van der Waals surface area contributed by atoms with E-state index in [1.807, 2.05) is 6.92 Å². The second-order valence-electron chi connectivity index (χ2n) is 4.57. The van der Waals surface area contributed by atoms with Crippen LogP contribution < -0.4 is 11.3 Å². The van der Waals surface area contributed by atoms with Crippen molar-refractivity contribution in [3.63, 3.8) is 0 Å². The van der Waals surface area contributed by atoms with Crippen LogP contribution in [0, 0.1) is 0 Å². The Morgan fingerprint density at radius 1 is 1.38 bits per heavy atom. The van der Waals surface area contributed by atoms with Crippen molar-refractivity contribution in [2.75, 3.05) is 32.7 Å². The first kappa shape index (κ1) is 11.7. The van der Waals surface area contributed by atoms with E-state index < -0.39 is 0 Å². The zero-order chi connectivity index (χ0) is 11.4. The normalized spacial score (nSPS) is 27.8. The lowest BCUT2D eigenvalue weighted by Gasteiger charge is -2.27. The second-order valence-corrected chi connectivity index (χ2v) is 4.57. The summed E-state index contributed by atoms with van der Waals surface area (Å²) in [5.74, 6) is 6.40. The van der Waals surface area contributed by atoms with Gasteiger partial charge in [-0.1, -0.05) is 0 Å². The van der Waals surface area contributed by atoms with Crippen LogP contribution in [-0.4, -0.2) is 54.5 Å². The highest BCUT2D eigenvalue weighted by molar-refractivity contribution is 5.79. The Bertz CT molecular complexity index is 253. The lowest BCUT2D eigenvalue weighted by Crippen LogP contribution is -2.48. The largest absolute Gasteiger partial charge is 0.340 e. The number of hydrazine groups is 1. The molecule has 16 heavy (non-hydrogen) atoms. The summed E-state index contributed by atoms with van der Waals surface area (Å²) in [6, 6.07) is 0.706. The molecule has 1 atom stereocenters. The summed E-state index contributed by atoms with van der Waals surface area (Å²) in [6.07, 6.45) is 3.87. The van der Waals surface area contributed by atoms with Crippen LogP contribution in [0.1, 0.15) is 26.2 Å². The van der Waals surface area contributed by atoms with Crippen molar-refractivity contribution in [2.45, 2.75) is 32.2 Å². The highest BCUT2D eigenvalue weighted by atomic mass is 15.4. The van der Waals surface area contributed by atoms with Gasteiger partial charge in [-0.15, -0.1) is 0 Å². The average Bonchev–Trinajstić information content (AvgIpc) is 2.64. The monoisotopic (exact) mass is 225 g/mol. The van der Waals surface area contributed by atoms with Gasteiger partial charge >= 0.3 is 0 Å². The summed E-state index contributed by atoms with van der Waals surface area (Å²) >= 11 is 0. The van der Waals surface area contributed by atoms with Gasteiger partial charge in [-0.05, 0) is 32.7 Å². The molecular weight excluding hydrogens is 202 g/mol. The highest BCUT2D eigenvalue weighted by Crippen LogP contribution is 2.21. The Labute approximate surface area is 97.7 Å². The Balaban J connectivity index is 2.01. The van der Waals surface area contributed by atoms with Gasteiger partial charge in [0.25, 0.3) is 0 Å². The molecule has 5 heteroatoms. The van der Waals surface area contributed by atoms with Crippen molar-refractivity contribution >= 4 is 5.96 Å². The van der Waals surface area contributed by atoms with Gasteiger partial charge in [0, 0.05) is 32.2 Å². The van der Waals surface area contributed by atoms with Crippen LogP contribution in [0.4, 0.5) is 0 Å². The third kappa shape index (κ3) is 2.47. The van der Waals surface area contributed by atoms with E-state index in [1.165, 1.54) is 32.4 Å². The second kappa shape index (κ2) is 5.50. The fraction of sp³-hybridized carbons (Fsp3) is 0.909. The predicted molar refractivity (Wildman–Crippen MR) is 66.1 cm³/mol. The average molecular weight is 225 g/mol. The Morgan fingerprint density at radius 3 is 2.94 bits per heavy atom. The minimum atomic E-state index is 0.706. The molecule has 0 saturated carbocycles. The Kier molecular flexibility index (Phi) is 4.01. The van der Waals surface area contributed by atoms with E-state index in [9.17, 15) is 0 Å². The molecule has 2 rings (SSSR count). The number of guanidine groups is 1. The van der Waals surface area contributed by atoms with Crippen molar-refractivity contribution in [2.24, 2.45) is 10.8 Å². The molecule has 2 aliphatic heterocycles. The molecule has 92 valence electrons. The number of aliphatic imine (C=N–C) groups is 1. The first-order chi connectivity index (χ1) is 7.85. The smallest absolute Gasteiger partial charge is 0.208 e. The van der Waals surface area contributed by atoms with Gasteiger partial charge in [0.1, 0.15) is 0 Å². The van der Waals surface area contributed by atoms with Crippen LogP contribution in [0.2, 0.25) is 0 Å². The quantitative estimate of drug-likeness (QED) is 0.285. The van der Waals surface area contributed by atoms with E-state index in [0.29, 0.717) is 6.04 Å². The van der Waals surface area contributed by atoms with E-state index in [0.717, 1.165) is 25.6 Å². The fourth-order valence-electron chi connectivity index (χ4n) is 2.79. The van der Waals surface area contributed by atoms with Crippen LogP contribution in [-0.2, 0) is 0 Å². The molecule has 0 aliphatic carbocycles. The first-order valence-electron chi connectivity index (χ1n) is 6.35. The third-order valence-corrected chi connectivity index (χ3v) is 3.54. The summed E-state index contributed by atoms with van der Waals surface area (Å²) in [7, 11) is 0. The minimum absolute atomic E-state index is 0.706. The van der Waals surface area contributed by atoms with Crippen LogP contribution in [0.3, 0.4) is 0 Å². The zero-order valence-corrected chi connectivity index (χ0v) is 10.2. The molecule has 0 aromatic carbocycles. The molecule has 2 fully saturated rings. The number of fused-ring (bicyclic) bond motifs is 1. The molecule has 3 N–H and O–H groups in total. The van der Waals surface area contributed by atoms with Crippen molar-refractivity contribution in [3.05, 3.63) is 0 Å². The fourth-order valence-corrected chi connectivity index (χ4v) is 2.79. The number of rotatable bonds is 1. The molecule has 2 saturated heterocycles. The van der Waals surface area contributed by atoms with Gasteiger partial charge in [-0.2, -0.15) is 0 Å². The van der Waals surface area contributed by atoms with Gasteiger partial charge in [-0.25, -0.2) is 5.84 Å². The van der Waals surface area contributed by atoms with Crippen molar-refractivity contribution in [1.29, 1.82) is 0 Å². The molecule has 2 aliphatic rings. The third-order valence-electron chi connectivity index (χ3n) is 3.54. The van der Waals surface area contributed by atoms with Gasteiger partial charge < -0.3 is 4.90 Å². The molecule has 0 spiro atoms. The Hall–Kier alpha value is -0.810. The van der Waals surface area contributed by atoms with E-state index >= 15 is 0 Å². The van der Waals surface area contributed by atoms with E-state index in [-0.39, 0.29) is 0 Å². The molecule has 0 bridgehead atoms. The van der Waals surface area contributed by atoms with E-state index in [2.05, 4.69) is 20.2 Å². The van der Waals surface area contributed by atoms with Crippen LogP contribution in [0.15, 0.2) is 4.99 Å². The molecule has 1 unspecified atom stereocenters. The zero-order valence-electron chi connectivity index (χ0n) is 10.2. The molecular formula is C11H23N5. The van der Waals surface area contributed by atoms with Crippen LogP contribution in [0.5, 0.6) is 0 Å². The number of hydrogen-bond acceptors (Lipinski definition) is 3. The maximum absolute atomic E-state index is 5.54. The minimum Gasteiger partial charge on any atom is -0.340 e. The summed E-state index contributed by atoms with van der Waals surface area (Å²) in [4.78, 5) is 9.33. The number of hydrogen-bond donors (Lipinski definition) is 2. The molecule has 0 amide bonds. The number of nitrogens with zero attached hydrogens (tertiary/aromatic N) is 3. The van der Waals surface area contributed by atoms with Crippen LogP contribution in [0.25, 0.3) is 0 Å². The van der Waals surface area contributed by atoms with E-state index in [1.54, 1.807) is 0 Å². The Morgan fingerprint density at radius 2 is 2.19 bits per heavy atom. The summed E-state index contributed by atoms with van der Waals surface area (Å²) in [5.41, 5.74) is 2.74. The number of nitrogens with two attached hydrogens (primary N) is 1. The highest BCUT2D eigenvalue weighted by Gasteiger charge is 2.29.